The second-order valence-electron chi connectivity index (χ2n) is 4.73. The van der Waals surface area contributed by atoms with Gasteiger partial charge < -0.3 is 10.4 Å². The number of benzene rings is 1. The molecule has 2 N–H and O–H groups in total. The molecule has 0 bridgehead atoms. The molecular weight excluding hydrogens is 314 g/mol. The molecule has 116 valence electrons. The Balaban J connectivity index is 2.09. The zero-order valence-electron chi connectivity index (χ0n) is 11.6. The molecule has 0 saturated heterocycles. The Bertz CT molecular complexity index is 697. The van der Waals surface area contributed by atoms with E-state index >= 15 is 0 Å². The van der Waals surface area contributed by atoms with Crippen LogP contribution in [0.25, 0.3) is 0 Å². The topological polar surface area (TPSA) is 62.2 Å². The molecule has 7 heteroatoms. The van der Waals surface area contributed by atoms with E-state index in [0.29, 0.717) is 0 Å². The van der Waals surface area contributed by atoms with Gasteiger partial charge in [-0.05, 0) is 36.8 Å². The van der Waals surface area contributed by atoms with Crippen molar-refractivity contribution in [1.82, 2.24) is 10.3 Å². The minimum atomic E-state index is -1.20. The summed E-state index contributed by atoms with van der Waals surface area (Å²) in [5.41, 5.74) is 0.252. The standard InChI is InChI=1S/C15H13ClF2N2O2/c1-8(14(21)9-5-6-10(17)11(18)7-9)19-15(22)12-3-2-4-13(16)20-12/h2-8,14,21H,1H3,(H,19,22). The third kappa shape index (κ3) is 3.78. The number of rotatable bonds is 4. The Morgan fingerprint density at radius 1 is 1.27 bits per heavy atom. The summed E-state index contributed by atoms with van der Waals surface area (Å²) in [6, 6.07) is 6.89. The number of carbonyl (C=O) groups excluding carboxylic acids is 1. The van der Waals surface area contributed by atoms with Gasteiger partial charge in [-0.1, -0.05) is 23.7 Å². The molecule has 2 unspecified atom stereocenters. The van der Waals surface area contributed by atoms with Gasteiger partial charge in [0.25, 0.3) is 5.91 Å². The molecule has 1 aromatic carbocycles. The first kappa shape index (κ1) is 16.3. The number of aromatic nitrogens is 1. The number of nitrogens with zero attached hydrogens (tertiary/aromatic N) is 1. The lowest BCUT2D eigenvalue weighted by Gasteiger charge is -2.20. The number of nitrogens with one attached hydrogen (secondary N) is 1. The van der Waals surface area contributed by atoms with E-state index in [4.69, 9.17) is 11.6 Å². The van der Waals surface area contributed by atoms with Crippen LogP contribution < -0.4 is 5.32 Å². The summed E-state index contributed by atoms with van der Waals surface area (Å²) in [6.45, 7) is 1.54. The van der Waals surface area contributed by atoms with E-state index in [1.54, 1.807) is 6.07 Å². The Morgan fingerprint density at radius 2 is 2.00 bits per heavy atom. The van der Waals surface area contributed by atoms with Crippen molar-refractivity contribution in [2.45, 2.75) is 19.1 Å². The number of aliphatic hydroxyl groups excluding tert-OH is 1. The van der Waals surface area contributed by atoms with Crippen molar-refractivity contribution < 1.29 is 18.7 Å². The molecule has 1 amide bonds. The summed E-state index contributed by atoms with van der Waals surface area (Å²) in [5.74, 6) is -2.60. The summed E-state index contributed by atoms with van der Waals surface area (Å²) in [5, 5.41) is 12.8. The highest BCUT2D eigenvalue weighted by molar-refractivity contribution is 6.29. The lowest BCUT2D eigenvalue weighted by molar-refractivity contribution is 0.0846. The van der Waals surface area contributed by atoms with Crippen molar-refractivity contribution in [2.24, 2.45) is 0 Å². The molecule has 2 atom stereocenters. The van der Waals surface area contributed by atoms with Gasteiger partial charge in [-0.2, -0.15) is 0 Å². The smallest absolute Gasteiger partial charge is 0.270 e. The zero-order chi connectivity index (χ0) is 16.3. The molecule has 1 aromatic heterocycles. The molecule has 0 aliphatic rings. The van der Waals surface area contributed by atoms with Crippen LogP contribution >= 0.6 is 11.6 Å². The highest BCUT2D eigenvalue weighted by Gasteiger charge is 2.21. The molecule has 1 heterocycles. The maximum Gasteiger partial charge on any atom is 0.270 e. The largest absolute Gasteiger partial charge is 0.386 e. The fourth-order valence-corrected chi connectivity index (χ4v) is 2.04. The average Bonchev–Trinajstić information content (AvgIpc) is 2.49. The first-order valence-corrected chi connectivity index (χ1v) is 6.82. The van der Waals surface area contributed by atoms with Crippen molar-refractivity contribution >= 4 is 17.5 Å². The van der Waals surface area contributed by atoms with Gasteiger partial charge >= 0.3 is 0 Å². The second-order valence-corrected chi connectivity index (χ2v) is 5.11. The Kier molecular flexibility index (Phi) is 5.05. The van der Waals surface area contributed by atoms with Gasteiger partial charge in [0.1, 0.15) is 10.8 Å². The van der Waals surface area contributed by atoms with E-state index in [9.17, 15) is 18.7 Å². The van der Waals surface area contributed by atoms with Gasteiger partial charge in [0, 0.05) is 0 Å². The van der Waals surface area contributed by atoms with Crippen LogP contribution in [0.5, 0.6) is 0 Å². The second kappa shape index (κ2) is 6.81. The molecule has 2 aromatic rings. The molecule has 22 heavy (non-hydrogen) atoms. The van der Waals surface area contributed by atoms with Crippen LogP contribution in [0.4, 0.5) is 8.78 Å². The van der Waals surface area contributed by atoms with Crippen molar-refractivity contribution in [3.8, 4) is 0 Å². The van der Waals surface area contributed by atoms with Crippen molar-refractivity contribution in [2.75, 3.05) is 0 Å². The fourth-order valence-electron chi connectivity index (χ4n) is 1.88. The molecule has 0 saturated carbocycles. The predicted octanol–water partition coefficient (Wildman–Crippen LogP) is 2.87. The summed E-state index contributed by atoms with van der Waals surface area (Å²) in [6.07, 6.45) is -1.20. The van der Waals surface area contributed by atoms with Crippen LogP contribution in [-0.2, 0) is 0 Å². The molecule has 0 radical (unpaired) electrons. The quantitative estimate of drug-likeness (QED) is 0.849. The number of carbonyl (C=O) groups is 1. The maximum absolute atomic E-state index is 13.2. The normalized spacial score (nSPS) is 13.5. The highest BCUT2D eigenvalue weighted by atomic mass is 35.5. The van der Waals surface area contributed by atoms with Gasteiger partial charge in [0.05, 0.1) is 12.1 Å². The van der Waals surface area contributed by atoms with Gasteiger partial charge in [-0.3, -0.25) is 4.79 Å². The van der Waals surface area contributed by atoms with Crippen LogP contribution in [-0.4, -0.2) is 22.0 Å². The number of hydrogen-bond donors (Lipinski definition) is 2. The summed E-state index contributed by atoms with van der Waals surface area (Å²) >= 11 is 5.70. The number of amides is 1. The first-order chi connectivity index (χ1) is 10.4. The minimum absolute atomic E-state index is 0.0943. The predicted molar refractivity (Wildman–Crippen MR) is 77.5 cm³/mol. The van der Waals surface area contributed by atoms with E-state index in [2.05, 4.69) is 10.3 Å². The van der Waals surface area contributed by atoms with E-state index < -0.39 is 29.7 Å². The third-order valence-corrected chi connectivity index (χ3v) is 3.28. The molecule has 0 aliphatic heterocycles. The van der Waals surface area contributed by atoms with Crippen LogP contribution in [0.2, 0.25) is 5.15 Å². The monoisotopic (exact) mass is 326 g/mol. The Hall–Kier alpha value is -2.05. The zero-order valence-corrected chi connectivity index (χ0v) is 12.3. The van der Waals surface area contributed by atoms with Crippen LogP contribution in [0.1, 0.15) is 29.1 Å². The fraction of sp³-hybridized carbons (Fsp3) is 0.200. The van der Waals surface area contributed by atoms with Crippen LogP contribution in [0, 0.1) is 11.6 Å². The van der Waals surface area contributed by atoms with Crippen molar-refractivity contribution in [3.05, 3.63) is 64.4 Å². The third-order valence-electron chi connectivity index (χ3n) is 3.07. The molecule has 0 spiro atoms. The number of hydrogen-bond acceptors (Lipinski definition) is 3. The van der Waals surface area contributed by atoms with Gasteiger partial charge in [0.2, 0.25) is 0 Å². The number of halogens is 3. The lowest BCUT2D eigenvalue weighted by atomic mass is 10.0. The van der Waals surface area contributed by atoms with Crippen LogP contribution in [0.15, 0.2) is 36.4 Å². The summed E-state index contributed by atoms with van der Waals surface area (Å²) in [7, 11) is 0. The van der Waals surface area contributed by atoms with E-state index in [0.717, 1.165) is 12.1 Å². The van der Waals surface area contributed by atoms with E-state index in [1.165, 1.54) is 25.1 Å². The lowest BCUT2D eigenvalue weighted by Crippen LogP contribution is -2.37. The van der Waals surface area contributed by atoms with Gasteiger partial charge in [0.15, 0.2) is 11.6 Å². The van der Waals surface area contributed by atoms with E-state index in [1.807, 2.05) is 0 Å². The van der Waals surface area contributed by atoms with Gasteiger partial charge in [-0.15, -0.1) is 0 Å². The first-order valence-electron chi connectivity index (χ1n) is 6.45. The molecule has 4 nitrogen and oxygen atoms in total. The Morgan fingerprint density at radius 3 is 2.64 bits per heavy atom. The van der Waals surface area contributed by atoms with Crippen molar-refractivity contribution in [1.29, 1.82) is 0 Å². The van der Waals surface area contributed by atoms with E-state index in [-0.39, 0.29) is 16.4 Å². The number of aliphatic hydroxyl groups is 1. The maximum atomic E-state index is 13.2. The summed E-state index contributed by atoms with van der Waals surface area (Å²) < 4.78 is 26.1. The van der Waals surface area contributed by atoms with Crippen molar-refractivity contribution in [3.63, 3.8) is 0 Å². The molecule has 0 fully saturated rings. The SMILES string of the molecule is CC(NC(=O)c1cccc(Cl)n1)C(O)c1ccc(F)c(F)c1. The highest BCUT2D eigenvalue weighted by Crippen LogP contribution is 2.19. The molecular formula is C15H13ClF2N2O2. The Labute approximate surface area is 130 Å². The van der Waals surface area contributed by atoms with Crippen LogP contribution in [0.3, 0.4) is 0 Å². The van der Waals surface area contributed by atoms with Gasteiger partial charge in [-0.25, -0.2) is 13.8 Å². The summed E-state index contributed by atoms with van der Waals surface area (Å²) in [4.78, 5) is 15.8. The molecule has 2 rings (SSSR count). The molecule has 0 aliphatic carbocycles. The number of pyridine rings is 1. The average molecular weight is 327 g/mol. The minimum Gasteiger partial charge on any atom is -0.386 e.